The van der Waals surface area contributed by atoms with Crippen molar-refractivity contribution in [2.24, 2.45) is 5.92 Å². The van der Waals surface area contributed by atoms with Crippen LogP contribution in [0.1, 0.15) is 19.8 Å². The molecule has 0 aromatic carbocycles. The Bertz CT molecular complexity index is 187. The van der Waals surface area contributed by atoms with Crippen molar-refractivity contribution in [3.05, 3.63) is 0 Å². The van der Waals surface area contributed by atoms with Gasteiger partial charge in [0.05, 0.1) is 6.54 Å². The van der Waals surface area contributed by atoms with Crippen LogP contribution in [0, 0.1) is 17.8 Å². The number of rotatable bonds is 1. The van der Waals surface area contributed by atoms with E-state index in [2.05, 4.69) is 16.7 Å². The molecule has 2 fully saturated rings. The highest BCUT2D eigenvalue weighted by atomic mass is 15.2. The van der Waals surface area contributed by atoms with Crippen molar-refractivity contribution in [3.8, 4) is 11.8 Å². The van der Waals surface area contributed by atoms with Gasteiger partial charge in [-0.15, -0.1) is 5.92 Å². The minimum atomic E-state index is 0.931. The summed E-state index contributed by atoms with van der Waals surface area (Å²) in [5, 5.41) is 0. The number of likely N-dealkylation sites (tertiary alicyclic amines) is 1. The standard InChI is InChI=1S/C9H13N/c1-2-3-5-10-6-4-8-7-9(8)10/h8-9H,4-7H2,1H3. The van der Waals surface area contributed by atoms with E-state index in [9.17, 15) is 0 Å². The lowest BCUT2D eigenvalue weighted by atomic mass is 10.3. The fourth-order valence-electron chi connectivity index (χ4n) is 1.86. The fraction of sp³-hybridized carbons (Fsp3) is 0.778. The van der Waals surface area contributed by atoms with Gasteiger partial charge in [0.2, 0.25) is 0 Å². The molecule has 0 spiro atoms. The average molecular weight is 135 g/mol. The number of hydrogen-bond acceptors (Lipinski definition) is 1. The van der Waals surface area contributed by atoms with Crippen LogP contribution in [-0.2, 0) is 0 Å². The number of hydrogen-bond donors (Lipinski definition) is 0. The third-order valence-electron chi connectivity index (χ3n) is 2.60. The Morgan fingerprint density at radius 3 is 3.00 bits per heavy atom. The largest absolute Gasteiger partial charge is 0.289 e. The Labute approximate surface area is 62.4 Å². The molecule has 0 aromatic rings. The zero-order valence-corrected chi connectivity index (χ0v) is 6.43. The second-order valence-corrected chi connectivity index (χ2v) is 3.25. The van der Waals surface area contributed by atoms with E-state index in [1.165, 1.54) is 19.4 Å². The van der Waals surface area contributed by atoms with Crippen LogP contribution in [0.3, 0.4) is 0 Å². The van der Waals surface area contributed by atoms with Gasteiger partial charge >= 0.3 is 0 Å². The summed E-state index contributed by atoms with van der Waals surface area (Å²) >= 11 is 0. The highest BCUT2D eigenvalue weighted by Crippen LogP contribution is 2.43. The number of piperidine rings is 1. The molecule has 2 aliphatic rings. The molecule has 0 N–H and O–H groups in total. The highest BCUT2D eigenvalue weighted by Gasteiger charge is 2.45. The molecule has 1 saturated carbocycles. The number of fused-ring (bicyclic) bond motifs is 1. The first kappa shape index (κ1) is 6.24. The van der Waals surface area contributed by atoms with Crippen LogP contribution in [0.25, 0.3) is 0 Å². The number of nitrogens with zero attached hydrogens (tertiary/aromatic N) is 1. The van der Waals surface area contributed by atoms with E-state index < -0.39 is 0 Å². The van der Waals surface area contributed by atoms with Gasteiger partial charge in [0.25, 0.3) is 0 Å². The Morgan fingerprint density at radius 2 is 2.50 bits per heavy atom. The second kappa shape index (κ2) is 2.29. The first-order chi connectivity index (χ1) is 4.92. The predicted molar refractivity (Wildman–Crippen MR) is 41.5 cm³/mol. The maximum atomic E-state index is 3.12. The van der Waals surface area contributed by atoms with E-state index in [0.717, 1.165) is 18.5 Å². The van der Waals surface area contributed by atoms with Gasteiger partial charge in [0.1, 0.15) is 0 Å². The zero-order valence-electron chi connectivity index (χ0n) is 6.43. The molecule has 0 radical (unpaired) electrons. The summed E-state index contributed by atoms with van der Waals surface area (Å²) in [5.41, 5.74) is 0. The molecule has 0 aromatic heterocycles. The summed E-state index contributed by atoms with van der Waals surface area (Å²) in [5.74, 6) is 7.12. The van der Waals surface area contributed by atoms with Crippen LogP contribution in [-0.4, -0.2) is 24.0 Å². The first-order valence-corrected chi connectivity index (χ1v) is 4.05. The van der Waals surface area contributed by atoms with Gasteiger partial charge in [-0.05, 0) is 32.2 Å². The molecule has 1 saturated heterocycles. The van der Waals surface area contributed by atoms with Crippen LogP contribution >= 0.6 is 0 Å². The Balaban J connectivity index is 1.86. The molecule has 1 aliphatic carbocycles. The zero-order chi connectivity index (χ0) is 6.97. The summed E-state index contributed by atoms with van der Waals surface area (Å²) in [4.78, 5) is 2.52. The van der Waals surface area contributed by atoms with Crippen molar-refractivity contribution in [2.75, 3.05) is 13.1 Å². The van der Waals surface area contributed by atoms with Gasteiger partial charge in [-0.3, -0.25) is 4.90 Å². The predicted octanol–water partition coefficient (Wildman–Crippen LogP) is 1.10. The SMILES string of the molecule is CC#CCN1CCC2CC21. The lowest BCUT2D eigenvalue weighted by Crippen LogP contribution is -2.23. The molecule has 1 aliphatic heterocycles. The van der Waals surface area contributed by atoms with Crippen LogP contribution in [0.15, 0.2) is 0 Å². The van der Waals surface area contributed by atoms with Gasteiger partial charge < -0.3 is 0 Å². The molecule has 2 atom stereocenters. The minimum Gasteiger partial charge on any atom is -0.289 e. The average Bonchev–Trinajstić information content (AvgIpc) is 2.63. The molecular weight excluding hydrogens is 122 g/mol. The lowest BCUT2D eigenvalue weighted by Gasteiger charge is -2.12. The van der Waals surface area contributed by atoms with E-state index in [4.69, 9.17) is 0 Å². The molecule has 2 rings (SSSR count). The smallest absolute Gasteiger partial charge is 0.0603 e. The van der Waals surface area contributed by atoms with E-state index in [0.29, 0.717) is 0 Å². The summed E-state index contributed by atoms with van der Waals surface area (Å²) in [6, 6.07) is 0.931. The molecule has 0 bridgehead atoms. The van der Waals surface area contributed by atoms with Gasteiger partial charge in [-0.2, -0.15) is 0 Å². The van der Waals surface area contributed by atoms with E-state index in [1.54, 1.807) is 0 Å². The molecule has 0 amide bonds. The maximum Gasteiger partial charge on any atom is 0.0603 e. The highest BCUT2D eigenvalue weighted by molar-refractivity contribution is 5.06. The van der Waals surface area contributed by atoms with Gasteiger partial charge in [0, 0.05) is 6.04 Å². The van der Waals surface area contributed by atoms with Gasteiger partial charge in [0.15, 0.2) is 0 Å². The van der Waals surface area contributed by atoms with E-state index >= 15 is 0 Å². The molecule has 2 unspecified atom stereocenters. The van der Waals surface area contributed by atoms with Crippen molar-refractivity contribution in [2.45, 2.75) is 25.8 Å². The summed E-state index contributed by atoms with van der Waals surface area (Å²) in [6.45, 7) is 4.22. The molecule has 54 valence electrons. The minimum absolute atomic E-state index is 0.931. The first-order valence-electron chi connectivity index (χ1n) is 4.05. The van der Waals surface area contributed by atoms with Crippen LogP contribution < -0.4 is 0 Å². The Kier molecular flexibility index (Phi) is 1.43. The second-order valence-electron chi connectivity index (χ2n) is 3.25. The van der Waals surface area contributed by atoms with E-state index in [-0.39, 0.29) is 0 Å². The van der Waals surface area contributed by atoms with Crippen molar-refractivity contribution in [1.82, 2.24) is 4.90 Å². The molecule has 1 heteroatoms. The van der Waals surface area contributed by atoms with Crippen molar-refractivity contribution in [1.29, 1.82) is 0 Å². The summed E-state index contributed by atoms with van der Waals surface area (Å²) in [7, 11) is 0. The summed E-state index contributed by atoms with van der Waals surface area (Å²) in [6.07, 6.45) is 2.88. The Morgan fingerprint density at radius 1 is 1.60 bits per heavy atom. The van der Waals surface area contributed by atoms with Crippen molar-refractivity contribution < 1.29 is 0 Å². The topological polar surface area (TPSA) is 3.24 Å². The van der Waals surface area contributed by atoms with Crippen LogP contribution in [0.2, 0.25) is 0 Å². The van der Waals surface area contributed by atoms with Crippen LogP contribution in [0.5, 0.6) is 0 Å². The third-order valence-corrected chi connectivity index (χ3v) is 2.60. The van der Waals surface area contributed by atoms with Crippen molar-refractivity contribution >= 4 is 0 Å². The van der Waals surface area contributed by atoms with Gasteiger partial charge in [-0.25, -0.2) is 0 Å². The van der Waals surface area contributed by atoms with Crippen molar-refractivity contribution in [3.63, 3.8) is 0 Å². The fourth-order valence-corrected chi connectivity index (χ4v) is 1.86. The third kappa shape index (κ3) is 0.932. The monoisotopic (exact) mass is 135 g/mol. The Hall–Kier alpha value is -0.480. The maximum absolute atomic E-state index is 3.12. The summed E-state index contributed by atoms with van der Waals surface area (Å²) < 4.78 is 0. The van der Waals surface area contributed by atoms with E-state index in [1.807, 2.05) is 6.92 Å². The molecule has 1 heterocycles. The van der Waals surface area contributed by atoms with Crippen LogP contribution in [0.4, 0.5) is 0 Å². The molecule has 1 nitrogen and oxygen atoms in total. The van der Waals surface area contributed by atoms with Gasteiger partial charge in [-0.1, -0.05) is 5.92 Å². The quantitative estimate of drug-likeness (QED) is 0.487. The molecular formula is C9H13N. The molecule has 10 heavy (non-hydrogen) atoms. The lowest BCUT2D eigenvalue weighted by molar-refractivity contribution is 0.338. The normalized spacial score (nSPS) is 36.5.